The van der Waals surface area contributed by atoms with Crippen LogP contribution >= 0.6 is 0 Å². The molecule has 0 spiro atoms. The molecule has 1 aromatic carbocycles. The molecule has 0 saturated carbocycles. The van der Waals surface area contributed by atoms with Crippen LogP contribution in [0.2, 0.25) is 0 Å². The Morgan fingerprint density at radius 1 is 1.24 bits per heavy atom. The van der Waals surface area contributed by atoms with E-state index in [2.05, 4.69) is 34.1 Å². The molecule has 0 unspecified atom stereocenters. The molecule has 2 aromatic rings. The first-order chi connectivity index (χ1) is 12.1. The number of benzene rings is 1. The van der Waals surface area contributed by atoms with Crippen LogP contribution in [-0.2, 0) is 6.54 Å². The lowest BCUT2D eigenvalue weighted by atomic mass is 10.00. The van der Waals surface area contributed by atoms with E-state index in [-0.39, 0.29) is 11.9 Å². The Morgan fingerprint density at radius 2 is 2.00 bits per heavy atom. The van der Waals surface area contributed by atoms with E-state index in [1.807, 2.05) is 13.0 Å². The third-order valence-electron chi connectivity index (χ3n) is 4.77. The van der Waals surface area contributed by atoms with Crippen LogP contribution < -0.4 is 0 Å². The third-order valence-corrected chi connectivity index (χ3v) is 4.77. The number of carbonyl (C=O) groups excluding carboxylic acids is 1. The Bertz CT molecular complexity index is 730. The molecule has 0 bridgehead atoms. The van der Waals surface area contributed by atoms with E-state index in [0.29, 0.717) is 5.56 Å². The Hall–Kier alpha value is -2.27. The number of carbonyl (C=O) groups is 1. The van der Waals surface area contributed by atoms with E-state index in [1.54, 1.807) is 25.2 Å². The van der Waals surface area contributed by atoms with Crippen LogP contribution in [0, 0.1) is 6.92 Å². The van der Waals surface area contributed by atoms with E-state index in [4.69, 9.17) is 4.98 Å². The summed E-state index contributed by atoms with van der Waals surface area (Å²) in [6, 6.07) is 10.8. The van der Waals surface area contributed by atoms with Gasteiger partial charge in [-0.05, 0) is 31.9 Å². The van der Waals surface area contributed by atoms with Crippen LogP contribution in [0.1, 0.15) is 52.7 Å². The average molecular weight is 338 g/mol. The Morgan fingerprint density at radius 3 is 2.68 bits per heavy atom. The van der Waals surface area contributed by atoms with Gasteiger partial charge in [-0.2, -0.15) is 0 Å². The van der Waals surface area contributed by atoms with Gasteiger partial charge in [0.05, 0.1) is 17.3 Å². The minimum atomic E-state index is -0.0474. The van der Waals surface area contributed by atoms with E-state index < -0.39 is 0 Å². The Kier molecular flexibility index (Phi) is 5.43. The lowest BCUT2D eigenvalue weighted by Crippen LogP contribution is -2.34. The van der Waals surface area contributed by atoms with Crippen molar-refractivity contribution in [3.8, 4) is 0 Å². The fourth-order valence-corrected chi connectivity index (χ4v) is 3.39. The predicted octanol–water partition coefficient (Wildman–Crippen LogP) is 3.21. The third kappa shape index (κ3) is 4.04. The molecule has 132 valence electrons. The van der Waals surface area contributed by atoms with Crippen molar-refractivity contribution in [3.05, 3.63) is 59.2 Å². The summed E-state index contributed by atoms with van der Waals surface area (Å²) >= 11 is 0. The Balaban J connectivity index is 1.83. The number of rotatable bonds is 4. The first-order valence-corrected chi connectivity index (χ1v) is 8.89. The summed E-state index contributed by atoms with van der Waals surface area (Å²) in [5, 5.41) is 0. The molecule has 2 heterocycles. The van der Waals surface area contributed by atoms with Gasteiger partial charge in [-0.1, -0.05) is 36.8 Å². The largest absolute Gasteiger partial charge is 0.345 e. The summed E-state index contributed by atoms with van der Waals surface area (Å²) in [7, 11) is 3.50. The van der Waals surface area contributed by atoms with Crippen molar-refractivity contribution in [2.45, 2.75) is 38.8 Å². The standard InChI is InChI=1S/C20H26N4O/c1-15-17(20(25)23(2)3)13-21-19(22-15)18-11-7-8-12-24(18)14-16-9-5-4-6-10-16/h4-6,9-10,13,18H,7-8,11-12,14H2,1-3H3/t18-/m1/s1. The zero-order valence-electron chi connectivity index (χ0n) is 15.3. The van der Waals surface area contributed by atoms with Crippen LogP contribution in [0.5, 0.6) is 0 Å². The molecular formula is C20H26N4O. The molecule has 1 aliphatic rings. The first-order valence-electron chi connectivity index (χ1n) is 8.89. The highest BCUT2D eigenvalue weighted by atomic mass is 16.2. The number of likely N-dealkylation sites (tertiary alicyclic amines) is 1. The highest BCUT2D eigenvalue weighted by Crippen LogP contribution is 2.30. The van der Waals surface area contributed by atoms with E-state index in [0.717, 1.165) is 31.0 Å². The van der Waals surface area contributed by atoms with Gasteiger partial charge in [0, 0.05) is 26.8 Å². The molecule has 1 fully saturated rings. The number of nitrogens with zero attached hydrogens (tertiary/aromatic N) is 4. The van der Waals surface area contributed by atoms with Crippen molar-refractivity contribution in [1.82, 2.24) is 19.8 Å². The van der Waals surface area contributed by atoms with E-state index in [1.165, 1.54) is 18.4 Å². The average Bonchev–Trinajstić information content (AvgIpc) is 2.62. The van der Waals surface area contributed by atoms with Crippen LogP contribution in [-0.4, -0.2) is 46.3 Å². The summed E-state index contributed by atoms with van der Waals surface area (Å²) < 4.78 is 0. The van der Waals surface area contributed by atoms with Crippen molar-refractivity contribution in [2.75, 3.05) is 20.6 Å². The van der Waals surface area contributed by atoms with Gasteiger partial charge >= 0.3 is 0 Å². The number of piperidine rings is 1. The molecule has 5 nitrogen and oxygen atoms in total. The first kappa shape index (κ1) is 17.5. The SMILES string of the molecule is Cc1nc([C@H]2CCCCN2Cc2ccccc2)ncc1C(=O)N(C)C. The second kappa shape index (κ2) is 7.74. The van der Waals surface area contributed by atoms with Gasteiger partial charge < -0.3 is 4.90 Å². The minimum Gasteiger partial charge on any atom is -0.345 e. The summed E-state index contributed by atoms with van der Waals surface area (Å²) in [6.07, 6.45) is 5.15. The highest BCUT2D eigenvalue weighted by molar-refractivity contribution is 5.94. The maximum absolute atomic E-state index is 12.2. The van der Waals surface area contributed by atoms with Crippen molar-refractivity contribution in [3.63, 3.8) is 0 Å². The van der Waals surface area contributed by atoms with Gasteiger partial charge in [-0.15, -0.1) is 0 Å². The van der Waals surface area contributed by atoms with Crippen molar-refractivity contribution >= 4 is 5.91 Å². The fourth-order valence-electron chi connectivity index (χ4n) is 3.39. The van der Waals surface area contributed by atoms with Gasteiger partial charge in [0.15, 0.2) is 0 Å². The van der Waals surface area contributed by atoms with E-state index in [9.17, 15) is 4.79 Å². The van der Waals surface area contributed by atoms with Gasteiger partial charge in [0.25, 0.3) is 5.91 Å². The van der Waals surface area contributed by atoms with Gasteiger partial charge in [0.1, 0.15) is 5.82 Å². The zero-order valence-corrected chi connectivity index (χ0v) is 15.3. The van der Waals surface area contributed by atoms with Gasteiger partial charge in [0.2, 0.25) is 0 Å². The summed E-state index contributed by atoms with van der Waals surface area (Å²) in [6.45, 7) is 3.86. The number of hydrogen-bond donors (Lipinski definition) is 0. The van der Waals surface area contributed by atoms with Crippen molar-refractivity contribution in [2.24, 2.45) is 0 Å². The highest BCUT2D eigenvalue weighted by Gasteiger charge is 2.27. The molecule has 0 radical (unpaired) electrons. The molecule has 3 rings (SSSR count). The zero-order chi connectivity index (χ0) is 17.8. The van der Waals surface area contributed by atoms with E-state index >= 15 is 0 Å². The minimum absolute atomic E-state index is 0.0474. The lowest BCUT2D eigenvalue weighted by Gasteiger charge is -2.34. The van der Waals surface area contributed by atoms with Crippen LogP contribution in [0.4, 0.5) is 0 Å². The van der Waals surface area contributed by atoms with Crippen LogP contribution in [0.25, 0.3) is 0 Å². The fraction of sp³-hybridized carbons (Fsp3) is 0.450. The van der Waals surface area contributed by atoms with Crippen molar-refractivity contribution in [1.29, 1.82) is 0 Å². The molecule has 0 aliphatic carbocycles. The number of hydrogen-bond acceptors (Lipinski definition) is 4. The molecule has 1 amide bonds. The molecule has 25 heavy (non-hydrogen) atoms. The lowest BCUT2D eigenvalue weighted by molar-refractivity contribution is 0.0825. The number of aryl methyl sites for hydroxylation is 1. The summed E-state index contributed by atoms with van der Waals surface area (Å²) in [4.78, 5) is 25.5. The van der Waals surface area contributed by atoms with Gasteiger partial charge in [-0.3, -0.25) is 9.69 Å². The van der Waals surface area contributed by atoms with Crippen LogP contribution in [0.3, 0.4) is 0 Å². The maximum Gasteiger partial charge on any atom is 0.256 e. The molecule has 1 aliphatic heterocycles. The molecule has 1 saturated heterocycles. The molecule has 5 heteroatoms. The predicted molar refractivity (Wildman–Crippen MR) is 98.2 cm³/mol. The molecule has 1 aromatic heterocycles. The summed E-state index contributed by atoms with van der Waals surface area (Å²) in [5.74, 6) is 0.789. The van der Waals surface area contributed by atoms with Gasteiger partial charge in [-0.25, -0.2) is 9.97 Å². The molecule has 0 N–H and O–H groups in total. The molecule has 1 atom stereocenters. The molecular weight excluding hydrogens is 312 g/mol. The number of amides is 1. The smallest absolute Gasteiger partial charge is 0.256 e. The maximum atomic E-state index is 12.2. The summed E-state index contributed by atoms with van der Waals surface area (Å²) in [5.41, 5.74) is 2.65. The quantitative estimate of drug-likeness (QED) is 0.859. The number of aromatic nitrogens is 2. The normalized spacial score (nSPS) is 18.1. The monoisotopic (exact) mass is 338 g/mol. The van der Waals surface area contributed by atoms with Crippen LogP contribution in [0.15, 0.2) is 36.5 Å². The Labute approximate surface area is 149 Å². The second-order valence-corrected chi connectivity index (χ2v) is 6.89. The topological polar surface area (TPSA) is 49.3 Å². The van der Waals surface area contributed by atoms with Crippen molar-refractivity contribution < 1.29 is 4.79 Å². The second-order valence-electron chi connectivity index (χ2n) is 6.89.